The number of fused-ring (bicyclic) bond motifs is 2. The van der Waals surface area contributed by atoms with Crippen LogP contribution < -0.4 is 0 Å². The molecule has 17 heavy (non-hydrogen) atoms. The van der Waals surface area contributed by atoms with Crippen molar-refractivity contribution < 1.29 is 4.79 Å². The molecule has 0 heterocycles. The van der Waals surface area contributed by atoms with Crippen molar-refractivity contribution in [2.24, 2.45) is 11.8 Å². The van der Waals surface area contributed by atoms with Crippen LogP contribution in [0.3, 0.4) is 0 Å². The largest absolute Gasteiger partial charge is 0.289 e. The molecule has 2 aliphatic carbocycles. The minimum absolute atomic E-state index is 0.155. The molecule has 1 aromatic rings. The standard InChI is InChI=1S/C14H10ClIO/c15-11-5-3-8(4-6-11)14(17)12-9-1-2-10(7-9)13(12)16/h1-6,9-10H,7H2. The number of hydrogen-bond donors (Lipinski definition) is 0. The van der Waals surface area contributed by atoms with E-state index in [1.165, 1.54) is 3.58 Å². The first kappa shape index (κ1) is 11.5. The van der Waals surface area contributed by atoms with Gasteiger partial charge in [0.15, 0.2) is 5.78 Å². The van der Waals surface area contributed by atoms with Gasteiger partial charge in [-0.3, -0.25) is 4.79 Å². The number of Topliss-reactive ketones (excluding diaryl/α,β-unsaturated/α-hetero) is 1. The van der Waals surface area contributed by atoms with E-state index in [0.717, 1.165) is 17.6 Å². The molecule has 2 unspecified atom stereocenters. The maximum Gasteiger partial charge on any atom is 0.190 e. The van der Waals surface area contributed by atoms with Gasteiger partial charge in [-0.05, 0) is 53.3 Å². The SMILES string of the molecule is O=C(C1=C(I)C2C=CC1C2)c1ccc(Cl)cc1. The van der Waals surface area contributed by atoms with Gasteiger partial charge in [-0.15, -0.1) is 0 Å². The summed E-state index contributed by atoms with van der Waals surface area (Å²) in [5.74, 6) is 0.963. The summed E-state index contributed by atoms with van der Waals surface area (Å²) in [5, 5.41) is 0.665. The number of allylic oxidation sites excluding steroid dienone is 4. The fourth-order valence-corrected chi connectivity index (χ4v) is 3.74. The summed E-state index contributed by atoms with van der Waals surface area (Å²) in [4.78, 5) is 12.4. The Morgan fingerprint density at radius 2 is 1.82 bits per heavy atom. The zero-order valence-electron chi connectivity index (χ0n) is 8.99. The summed E-state index contributed by atoms with van der Waals surface area (Å²) < 4.78 is 1.22. The topological polar surface area (TPSA) is 17.1 Å². The van der Waals surface area contributed by atoms with E-state index < -0.39 is 0 Å². The van der Waals surface area contributed by atoms with Crippen molar-refractivity contribution in [2.45, 2.75) is 6.42 Å². The normalized spacial score (nSPS) is 25.8. The zero-order valence-corrected chi connectivity index (χ0v) is 11.9. The summed E-state index contributed by atoms with van der Waals surface area (Å²) >= 11 is 8.15. The zero-order chi connectivity index (χ0) is 12.0. The van der Waals surface area contributed by atoms with E-state index in [0.29, 0.717) is 16.9 Å². The molecule has 0 N–H and O–H groups in total. The van der Waals surface area contributed by atoms with Crippen LogP contribution >= 0.6 is 34.2 Å². The molecule has 0 spiro atoms. The van der Waals surface area contributed by atoms with E-state index in [-0.39, 0.29) is 5.78 Å². The van der Waals surface area contributed by atoms with Crippen molar-refractivity contribution >= 4 is 40.0 Å². The first-order valence-electron chi connectivity index (χ1n) is 5.55. The van der Waals surface area contributed by atoms with E-state index in [4.69, 9.17) is 11.6 Å². The van der Waals surface area contributed by atoms with Crippen LogP contribution in [0.5, 0.6) is 0 Å². The molecular weight excluding hydrogens is 347 g/mol. The van der Waals surface area contributed by atoms with E-state index >= 15 is 0 Å². The van der Waals surface area contributed by atoms with Gasteiger partial charge in [-0.1, -0.05) is 23.8 Å². The summed E-state index contributed by atoms with van der Waals surface area (Å²) in [6, 6.07) is 7.14. The molecule has 0 radical (unpaired) electrons. The van der Waals surface area contributed by atoms with Crippen molar-refractivity contribution in [1.29, 1.82) is 0 Å². The molecule has 2 atom stereocenters. The third-order valence-corrected chi connectivity index (χ3v) is 5.02. The van der Waals surface area contributed by atoms with Gasteiger partial charge >= 0.3 is 0 Å². The third-order valence-electron chi connectivity index (χ3n) is 3.39. The van der Waals surface area contributed by atoms with Gasteiger partial charge in [0, 0.05) is 31.6 Å². The Hall–Kier alpha value is -0.610. The minimum Gasteiger partial charge on any atom is -0.289 e. The van der Waals surface area contributed by atoms with Crippen molar-refractivity contribution in [2.75, 3.05) is 0 Å². The highest BCUT2D eigenvalue weighted by molar-refractivity contribution is 14.1. The van der Waals surface area contributed by atoms with E-state index in [1.54, 1.807) is 24.3 Å². The number of hydrogen-bond acceptors (Lipinski definition) is 1. The lowest BCUT2D eigenvalue weighted by atomic mass is 9.94. The van der Waals surface area contributed by atoms with E-state index in [1.807, 2.05) is 0 Å². The van der Waals surface area contributed by atoms with Gasteiger partial charge in [0.05, 0.1) is 0 Å². The highest BCUT2D eigenvalue weighted by Crippen LogP contribution is 2.47. The molecule has 1 nitrogen and oxygen atoms in total. The van der Waals surface area contributed by atoms with Gasteiger partial charge in [0.1, 0.15) is 0 Å². The molecule has 1 aromatic carbocycles. The lowest BCUT2D eigenvalue weighted by Crippen LogP contribution is -2.09. The summed E-state index contributed by atoms with van der Waals surface area (Å²) in [5.41, 5.74) is 1.72. The predicted octanol–water partition coefficient (Wildman–Crippen LogP) is 4.42. The molecule has 0 fully saturated rings. The van der Waals surface area contributed by atoms with Gasteiger partial charge in [0.25, 0.3) is 0 Å². The molecule has 86 valence electrons. The number of rotatable bonds is 2. The highest BCUT2D eigenvalue weighted by Gasteiger charge is 2.37. The molecule has 0 saturated carbocycles. The van der Waals surface area contributed by atoms with Crippen LogP contribution in [0.4, 0.5) is 0 Å². The molecule has 0 aromatic heterocycles. The molecule has 2 bridgehead atoms. The first-order valence-corrected chi connectivity index (χ1v) is 7.00. The summed E-state index contributed by atoms with van der Waals surface area (Å²) in [6.45, 7) is 0. The molecular formula is C14H10ClIO. The number of carbonyl (C=O) groups is 1. The maximum absolute atomic E-state index is 12.4. The van der Waals surface area contributed by atoms with Crippen molar-refractivity contribution in [1.82, 2.24) is 0 Å². The lowest BCUT2D eigenvalue weighted by molar-refractivity contribution is 0.102. The monoisotopic (exact) mass is 356 g/mol. The Labute approximate surface area is 119 Å². The van der Waals surface area contributed by atoms with Crippen LogP contribution in [0.15, 0.2) is 45.6 Å². The Balaban J connectivity index is 1.96. The van der Waals surface area contributed by atoms with Crippen molar-refractivity contribution in [3.05, 3.63) is 56.2 Å². The number of ketones is 1. The Bertz CT molecular complexity index is 542. The highest BCUT2D eigenvalue weighted by atomic mass is 127. The fourth-order valence-electron chi connectivity index (χ4n) is 2.51. The molecule has 3 heteroatoms. The maximum atomic E-state index is 12.4. The first-order chi connectivity index (χ1) is 8.16. The van der Waals surface area contributed by atoms with E-state index in [2.05, 4.69) is 34.7 Å². The fraction of sp³-hybridized carbons (Fsp3) is 0.214. The summed E-state index contributed by atoms with van der Waals surface area (Å²) in [7, 11) is 0. The van der Waals surface area contributed by atoms with Crippen LogP contribution in [0.1, 0.15) is 16.8 Å². The minimum atomic E-state index is 0.155. The second-order valence-electron chi connectivity index (χ2n) is 4.43. The Morgan fingerprint density at radius 3 is 2.41 bits per heavy atom. The van der Waals surface area contributed by atoms with Crippen LogP contribution in [-0.2, 0) is 0 Å². The molecule has 0 aliphatic heterocycles. The lowest BCUT2D eigenvalue weighted by Gasteiger charge is -2.11. The van der Waals surface area contributed by atoms with Gasteiger partial charge in [0.2, 0.25) is 0 Å². The average molecular weight is 357 g/mol. The van der Waals surface area contributed by atoms with Crippen LogP contribution in [0, 0.1) is 11.8 Å². The average Bonchev–Trinajstić information content (AvgIpc) is 2.89. The van der Waals surface area contributed by atoms with Gasteiger partial charge < -0.3 is 0 Å². The van der Waals surface area contributed by atoms with Crippen LogP contribution in [0.25, 0.3) is 0 Å². The molecule has 0 amide bonds. The second-order valence-corrected chi connectivity index (χ2v) is 6.03. The molecule has 3 rings (SSSR count). The van der Waals surface area contributed by atoms with Crippen molar-refractivity contribution in [3.8, 4) is 0 Å². The predicted molar refractivity (Wildman–Crippen MR) is 77.6 cm³/mol. The number of carbonyl (C=O) groups excluding carboxylic acids is 1. The second kappa shape index (κ2) is 4.25. The number of halogens is 2. The Kier molecular flexibility index (Phi) is 2.87. The van der Waals surface area contributed by atoms with Crippen molar-refractivity contribution in [3.63, 3.8) is 0 Å². The molecule has 0 saturated heterocycles. The van der Waals surface area contributed by atoms with Crippen LogP contribution in [-0.4, -0.2) is 5.78 Å². The summed E-state index contributed by atoms with van der Waals surface area (Å²) in [6.07, 6.45) is 5.45. The Morgan fingerprint density at radius 1 is 1.18 bits per heavy atom. The van der Waals surface area contributed by atoms with Gasteiger partial charge in [-0.2, -0.15) is 0 Å². The van der Waals surface area contributed by atoms with Crippen LogP contribution in [0.2, 0.25) is 5.02 Å². The van der Waals surface area contributed by atoms with E-state index in [9.17, 15) is 4.79 Å². The number of benzene rings is 1. The third kappa shape index (κ3) is 1.87. The smallest absolute Gasteiger partial charge is 0.190 e. The molecule has 2 aliphatic rings. The quantitative estimate of drug-likeness (QED) is 0.435. The van der Waals surface area contributed by atoms with Gasteiger partial charge in [-0.25, -0.2) is 0 Å².